The molecule has 1 aromatic rings. The second-order valence-electron chi connectivity index (χ2n) is 5.91. The summed E-state index contributed by atoms with van der Waals surface area (Å²) in [6, 6.07) is 3.80. The minimum atomic E-state index is -0.125. The van der Waals surface area contributed by atoms with Gasteiger partial charge in [-0.15, -0.1) is 0 Å². The van der Waals surface area contributed by atoms with Crippen molar-refractivity contribution < 1.29 is 4.39 Å². The second kappa shape index (κ2) is 8.35. The first-order valence-electron chi connectivity index (χ1n) is 7.77. The third kappa shape index (κ3) is 4.97. The molecule has 0 fully saturated rings. The van der Waals surface area contributed by atoms with Crippen molar-refractivity contribution >= 4 is 5.69 Å². The first kappa shape index (κ1) is 17.9. The van der Waals surface area contributed by atoms with Crippen molar-refractivity contribution in [2.24, 2.45) is 0 Å². The van der Waals surface area contributed by atoms with E-state index in [2.05, 4.69) is 43.1 Å². The minimum Gasteiger partial charge on any atom is -0.371 e. The van der Waals surface area contributed by atoms with Crippen LogP contribution in [0.1, 0.15) is 37.4 Å². The number of halogens is 1. The molecule has 0 aliphatic rings. The highest BCUT2D eigenvalue weighted by atomic mass is 19.1. The molecule has 21 heavy (non-hydrogen) atoms. The maximum absolute atomic E-state index is 13.9. The predicted molar refractivity (Wildman–Crippen MR) is 89.7 cm³/mol. The van der Waals surface area contributed by atoms with Crippen LogP contribution in [0, 0.1) is 12.7 Å². The molecule has 4 heteroatoms. The highest BCUT2D eigenvalue weighted by Gasteiger charge is 2.16. The van der Waals surface area contributed by atoms with E-state index < -0.39 is 0 Å². The number of anilines is 1. The number of aryl methyl sites for hydroxylation is 1. The smallest absolute Gasteiger partial charge is 0.126 e. The van der Waals surface area contributed by atoms with Crippen molar-refractivity contribution in [3.05, 3.63) is 29.1 Å². The Bertz CT molecular complexity index is 446. The van der Waals surface area contributed by atoms with E-state index in [0.29, 0.717) is 5.56 Å². The van der Waals surface area contributed by atoms with Crippen LogP contribution in [-0.4, -0.2) is 45.7 Å². The fraction of sp³-hybridized carbons (Fsp3) is 0.647. The average Bonchev–Trinajstić information content (AvgIpc) is 2.45. The van der Waals surface area contributed by atoms with Gasteiger partial charge in [0.05, 0.1) is 0 Å². The van der Waals surface area contributed by atoms with Crippen molar-refractivity contribution in [1.29, 1.82) is 0 Å². The Hall–Kier alpha value is -1.13. The van der Waals surface area contributed by atoms with Crippen LogP contribution in [0.4, 0.5) is 10.1 Å². The number of hydrogen-bond donors (Lipinski definition) is 1. The molecule has 1 unspecified atom stereocenters. The van der Waals surface area contributed by atoms with Crippen LogP contribution in [0.25, 0.3) is 0 Å². The number of benzene rings is 1. The van der Waals surface area contributed by atoms with E-state index in [-0.39, 0.29) is 11.9 Å². The van der Waals surface area contributed by atoms with Crippen molar-refractivity contribution in [2.45, 2.75) is 33.2 Å². The van der Waals surface area contributed by atoms with Crippen molar-refractivity contribution in [3.8, 4) is 0 Å². The van der Waals surface area contributed by atoms with Crippen LogP contribution in [0.2, 0.25) is 0 Å². The molecule has 0 aliphatic heterocycles. The van der Waals surface area contributed by atoms with E-state index in [1.807, 2.05) is 20.0 Å². The number of nitrogens with one attached hydrogen (secondary N) is 1. The molecule has 0 amide bonds. The summed E-state index contributed by atoms with van der Waals surface area (Å²) in [5.74, 6) is -0.125. The summed E-state index contributed by atoms with van der Waals surface area (Å²) in [5.41, 5.74) is 2.90. The van der Waals surface area contributed by atoms with E-state index >= 15 is 0 Å². The van der Waals surface area contributed by atoms with Crippen LogP contribution >= 0.6 is 0 Å². The monoisotopic (exact) mass is 295 g/mol. The van der Waals surface area contributed by atoms with Gasteiger partial charge in [0.1, 0.15) is 5.82 Å². The zero-order chi connectivity index (χ0) is 16.0. The van der Waals surface area contributed by atoms with Gasteiger partial charge in [-0.25, -0.2) is 4.39 Å². The molecule has 1 atom stereocenters. The van der Waals surface area contributed by atoms with Gasteiger partial charge in [-0.05, 0) is 78.1 Å². The van der Waals surface area contributed by atoms with Gasteiger partial charge in [-0.3, -0.25) is 0 Å². The molecule has 3 nitrogen and oxygen atoms in total. The molecule has 0 saturated carbocycles. The molecule has 0 bridgehead atoms. The normalized spacial score (nSPS) is 12.8. The number of nitrogens with zero attached hydrogens (tertiary/aromatic N) is 2. The highest BCUT2D eigenvalue weighted by Crippen LogP contribution is 2.29. The van der Waals surface area contributed by atoms with Crippen LogP contribution < -0.4 is 10.2 Å². The summed E-state index contributed by atoms with van der Waals surface area (Å²) in [7, 11) is 6.09. The quantitative estimate of drug-likeness (QED) is 0.794. The lowest BCUT2D eigenvalue weighted by Crippen LogP contribution is -2.29. The summed E-state index contributed by atoms with van der Waals surface area (Å²) in [4.78, 5) is 4.54. The first-order valence-corrected chi connectivity index (χ1v) is 7.77. The molecule has 1 aromatic carbocycles. The second-order valence-corrected chi connectivity index (χ2v) is 5.91. The van der Waals surface area contributed by atoms with Crippen LogP contribution in [0.15, 0.2) is 12.1 Å². The van der Waals surface area contributed by atoms with E-state index in [1.54, 1.807) is 6.07 Å². The SMILES string of the molecule is CCN(CCCN(C)C)c1cc(C)c(F)cc1C(C)NC. The predicted octanol–water partition coefficient (Wildman–Crippen LogP) is 3.19. The lowest BCUT2D eigenvalue weighted by Gasteiger charge is -2.29. The van der Waals surface area contributed by atoms with E-state index in [9.17, 15) is 4.39 Å². The molecule has 0 aromatic heterocycles. The van der Waals surface area contributed by atoms with Gasteiger partial charge in [0.15, 0.2) is 0 Å². The van der Waals surface area contributed by atoms with E-state index in [0.717, 1.165) is 37.3 Å². The summed E-state index contributed by atoms with van der Waals surface area (Å²) in [6.45, 7) is 9.04. The Labute approximate surface area is 129 Å². The maximum atomic E-state index is 13.9. The minimum absolute atomic E-state index is 0.125. The number of hydrogen-bond acceptors (Lipinski definition) is 3. The Balaban J connectivity index is 3.03. The molecule has 0 aliphatic carbocycles. The van der Waals surface area contributed by atoms with Gasteiger partial charge in [0.2, 0.25) is 0 Å². The van der Waals surface area contributed by atoms with Gasteiger partial charge < -0.3 is 15.1 Å². The van der Waals surface area contributed by atoms with Gasteiger partial charge in [-0.1, -0.05) is 0 Å². The van der Waals surface area contributed by atoms with Gasteiger partial charge >= 0.3 is 0 Å². The fourth-order valence-corrected chi connectivity index (χ4v) is 2.48. The summed E-state index contributed by atoms with van der Waals surface area (Å²) < 4.78 is 13.9. The summed E-state index contributed by atoms with van der Waals surface area (Å²) in [5, 5.41) is 3.22. The Morgan fingerprint density at radius 1 is 1.24 bits per heavy atom. The zero-order valence-corrected chi connectivity index (χ0v) is 14.3. The van der Waals surface area contributed by atoms with Gasteiger partial charge in [0, 0.05) is 24.8 Å². The molecular weight excluding hydrogens is 265 g/mol. The Morgan fingerprint density at radius 2 is 1.90 bits per heavy atom. The topological polar surface area (TPSA) is 18.5 Å². The lowest BCUT2D eigenvalue weighted by atomic mass is 10.0. The van der Waals surface area contributed by atoms with Crippen molar-refractivity contribution in [1.82, 2.24) is 10.2 Å². The Morgan fingerprint density at radius 3 is 2.43 bits per heavy atom. The molecule has 0 spiro atoms. The van der Waals surface area contributed by atoms with Gasteiger partial charge in [-0.2, -0.15) is 0 Å². The molecular formula is C17H30FN3. The van der Waals surface area contributed by atoms with E-state index in [1.165, 1.54) is 0 Å². The average molecular weight is 295 g/mol. The first-order chi connectivity index (χ1) is 9.90. The van der Waals surface area contributed by atoms with Crippen LogP contribution in [0.3, 0.4) is 0 Å². The third-order valence-corrected chi connectivity index (χ3v) is 3.96. The fourth-order valence-electron chi connectivity index (χ4n) is 2.48. The molecule has 0 radical (unpaired) electrons. The number of rotatable bonds is 8. The Kier molecular flexibility index (Phi) is 7.12. The molecule has 0 saturated heterocycles. The maximum Gasteiger partial charge on any atom is 0.126 e. The van der Waals surface area contributed by atoms with Gasteiger partial charge in [0.25, 0.3) is 0 Å². The standard InChI is InChI=1S/C17H30FN3/c1-7-21(10-8-9-20(5)6)17-11-13(2)16(18)12-15(17)14(3)19-4/h11-12,14,19H,7-10H2,1-6H3. The van der Waals surface area contributed by atoms with Crippen molar-refractivity contribution in [3.63, 3.8) is 0 Å². The molecule has 1 N–H and O–H groups in total. The van der Waals surface area contributed by atoms with Crippen molar-refractivity contribution in [2.75, 3.05) is 45.7 Å². The molecule has 0 heterocycles. The zero-order valence-electron chi connectivity index (χ0n) is 14.3. The van der Waals surface area contributed by atoms with E-state index in [4.69, 9.17) is 0 Å². The largest absolute Gasteiger partial charge is 0.371 e. The highest BCUT2D eigenvalue weighted by molar-refractivity contribution is 5.57. The molecule has 1 rings (SSSR count). The molecule has 120 valence electrons. The lowest BCUT2D eigenvalue weighted by molar-refractivity contribution is 0.400. The third-order valence-electron chi connectivity index (χ3n) is 3.96. The summed E-state index contributed by atoms with van der Waals surface area (Å²) >= 11 is 0. The van der Waals surface area contributed by atoms with Crippen LogP contribution in [0.5, 0.6) is 0 Å². The van der Waals surface area contributed by atoms with Crippen LogP contribution in [-0.2, 0) is 0 Å². The summed E-state index contributed by atoms with van der Waals surface area (Å²) in [6.07, 6.45) is 1.10.